The average molecular weight is 167 g/mol. The van der Waals surface area contributed by atoms with Crippen LogP contribution < -0.4 is 0 Å². The van der Waals surface area contributed by atoms with Gasteiger partial charge in [-0.1, -0.05) is 24.6 Å². The first-order chi connectivity index (χ1) is 4.31. The number of hydrogen-bond donors (Lipinski definition) is 1. The Bertz CT molecular complexity index is 85.1. The number of hydrogen-bond acceptors (Lipinski definition) is 2. The first-order valence-electron chi connectivity index (χ1n) is 2.79. The minimum Gasteiger partial charge on any atom is -0.395 e. The van der Waals surface area contributed by atoms with Crippen molar-refractivity contribution in [2.45, 2.75) is 12.2 Å². The molecule has 0 heterocycles. The van der Waals surface area contributed by atoms with Gasteiger partial charge in [0.25, 0.3) is 0 Å². The van der Waals surface area contributed by atoms with Crippen molar-refractivity contribution in [2.24, 2.45) is 0 Å². The van der Waals surface area contributed by atoms with Crippen molar-refractivity contribution in [3.8, 4) is 0 Å². The predicted molar refractivity (Wildman–Crippen MR) is 44.0 cm³/mol. The minimum atomic E-state index is 0.237. The molecule has 54 valence electrons. The van der Waals surface area contributed by atoms with Crippen LogP contribution >= 0.6 is 23.4 Å². The van der Waals surface area contributed by atoms with Crippen LogP contribution in [0.2, 0.25) is 0 Å². The Kier molecular flexibility index (Phi) is 6.70. The minimum absolute atomic E-state index is 0.237. The van der Waals surface area contributed by atoms with Crippen LogP contribution in [-0.4, -0.2) is 22.7 Å². The van der Waals surface area contributed by atoms with Crippen molar-refractivity contribution in [1.82, 2.24) is 0 Å². The number of halogens is 1. The monoisotopic (exact) mass is 166 g/mol. The van der Waals surface area contributed by atoms with Crippen LogP contribution in [0.25, 0.3) is 0 Å². The second-order valence-electron chi connectivity index (χ2n) is 1.69. The molecule has 0 radical (unpaired) electrons. The van der Waals surface area contributed by atoms with E-state index in [4.69, 9.17) is 16.7 Å². The summed E-state index contributed by atoms with van der Waals surface area (Å²) in [6.45, 7) is 2.22. The standard InChI is InChI=1S/C6H11ClOS/c1-6(5-8)9-4-2-3-7/h2-3,6,8H,4-5H2,1H3/b3-2+. The third kappa shape index (κ3) is 6.22. The fourth-order valence-corrected chi connectivity index (χ4v) is 1.14. The molecule has 0 aromatic rings. The largest absolute Gasteiger partial charge is 0.395 e. The molecule has 0 aromatic heterocycles. The Labute approximate surface area is 65.1 Å². The van der Waals surface area contributed by atoms with Gasteiger partial charge < -0.3 is 5.11 Å². The smallest absolute Gasteiger partial charge is 0.0547 e. The highest BCUT2D eigenvalue weighted by Crippen LogP contribution is 2.08. The van der Waals surface area contributed by atoms with Crippen LogP contribution in [-0.2, 0) is 0 Å². The highest BCUT2D eigenvalue weighted by Gasteiger charge is 1.95. The second-order valence-corrected chi connectivity index (χ2v) is 3.41. The van der Waals surface area contributed by atoms with Gasteiger partial charge in [-0.2, -0.15) is 11.8 Å². The van der Waals surface area contributed by atoms with Crippen molar-refractivity contribution in [2.75, 3.05) is 12.4 Å². The summed E-state index contributed by atoms with van der Waals surface area (Å²) < 4.78 is 0. The Morgan fingerprint density at radius 1 is 1.78 bits per heavy atom. The van der Waals surface area contributed by atoms with Gasteiger partial charge in [0.05, 0.1) is 6.61 Å². The maximum Gasteiger partial charge on any atom is 0.0547 e. The van der Waals surface area contributed by atoms with Gasteiger partial charge in [0.2, 0.25) is 0 Å². The lowest BCUT2D eigenvalue weighted by atomic mass is 10.5. The summed E-state index contributed by atoms with van der Waals surface area (Å²) in [7, 11) is 0. The van der Waals surface area contributed by atoms with E-state index in [0.717, 1.165) is 5.75 Å². The topological polar surface area (TPSA) is 20.2 Å². The first kappa shape index (κ1) is 9.34. The van der Waals surface area contributed by atoms with E-state index in [9.17, 15) is 0 Å². The molecule has 1 atom stereocenters. The number of aliphatic hydroxyl groups excluding tert-OH is 1. The predicted octanol–water partition coefficient (Wildman–Crippen LogP) is 1.85. The molecule has 0 spiro atoms. The summed E-state index contributed by atoms with van der Waals surface area (Å²) in [4.78, 5) is 0. The molecule has 0 aliphatic carbocycles. The molecule has 0 aromatic carbocycles. The molecule has 0 fully saturated rings. The molecule has 0 aliphatic rings. The van der Waals surface area contributed by atoms with Crippen LogP contribution in [0.4, 0.5) is 0 Å². The molecule has 3 heteroatoms. The van der Waals surface area contributed by atoms with E-state index in [-0.39, 0.29) is 6.61 Å². The summed E-state index contributed by atoms with van der Waals surface area (Å²) in [5, 5.41) is 8.87. The molecule has 9 heavy (non-hydrogen) atoms. The third-order valence-corrected chi connectivity index (χ3v) is 2.10. The highest BCUT2D eigenvalue weighted by molar-refractivity contribution is 8.00. The maximum absolute atomic E-state index is 8.56. The number of rotatable bonds is 4. The lowest BCUT2D eigenvalue weighted by Gasteiger charge is -2.02. The van der Waals surface area contributed by atoms with Gasteiger partial charge >= 0.3 is 0 Å². The van der Waals surface area contributed by atoms with E-state index in [1.54, 1.807) is 11.8 Å². The van der Waals surface area contributed by atoms with E-state index in [2.05, 4.69) is 0 Å². The molecule has 0 bridgehead atoms. The van der Waals surface area contributed by atoms with Gasteiger partial charge in [-0.05, 0) is 0 Å². The van der Waals surface area contributed by atoms with Crippen molar-refractivity contribution in [3.63, 3.8) is 0 Å². The van der Waals surface area contributed by atoms with Crippen LogP contribution in [0.5, 0.6) is 0 Å². The fourth-order valence-electron chi connectivity index (χ4n) is 0.309. The van der Waals surface area contributed by atoms with E-state index in [1.165, 1.54) is 5.54 Å². The van der Waals surface area contributed by atoms with E-state index in [1.807, 2.05) is 13.0 Å². The molecule has 0 amide bonds. The van der Waals surface area contributed by atoms with Crippen molar-refractivity contribution in [1.29, 1.82) is 0 Å². The zero-order chi connectivity index (χ0) is 7.11. The molecule has 1 N–H and O–H groups in total. The molecule has 0 aliphatic heterocycles. The van der Waals surface area contributed by atoms with Gasteiger partial charge in [-0.3, -0.25) is 0 Å². The molecule has 0 saturated heterocycles. The lowest BCUT2D eigenvalue weighted by Crippen LogP contribution is -2.01. The Morgan fingerprint density at radius 2 is 2.44 bits per heavy atom. The van der Waals surface area contributed by atoms with Crippen LogP contribution in [0.3, 0.4) is 0 Å². The Hall–Kier alpha value is 0.340. The molecular formula is C6H11ClOS. The van der Waals surface area contributed by atoms with Gasteiger partial charge in [0.15, 0.2) is 0 Å². The molecule has 1 unspecified atom stereocenters. The van der Waals surface area contributed by atoms with E-state index < -0.39 is 0 Å². The summed E-state index contributed by atoms with van der Waals surface area (Å²) in [6, 6.07) is 0. The SMILES string of the molecule is CC(CO)SC/C=C/Cl. The van der Waals surface area contributed by atoms with Crippen LogP contribution in [0.15, 0.2) is 11.6 Å². The first-order valence-corrected chi connectivity index (χ1v) is 4.27. The zero-order valence-electron chi connectivity index (χ0n) is 5.38. The van der Waals surface area contributed by atoms with Crippen molar-refractivity contribution in [3.05, 3.63) is 11.6 Å². The van der Waals surface area contributed by atoms with Gasteiger partial charge in [-0.15, -0.1) is 0 Å². The van der Waals surface area contributed by atoms with Crippen molar-refractivity contribution >= 4 is 23.4 Å². The van der Waals surface area contributed by atoms with Gasteiger partial charge in [-0.25, -0.2) is 0 Å². The van der Waals surface area contributed by atoms with Gasteiger partial charge in [0.1, 0.15) is 0 Å². The summed E-state index contributed by atoms with van der Waals surface area (Å²) in [5.41, 5.74) is 1.50. The quantitative estimate of drug-likeness (QED) is 0.688. The summed E-state index contributed by atoms with van der Waals surface area (Å²) in [5.74, 6) is 0.880. The van der Waals surface area contributed by atoms with Gasteiger partial charge in [0, 0.05) is 16.5 Å². The van der Waals surface area contributed by atoms with Crippen LogP contribution in [0.1, 0.15) is 6.92 Å². The molecule has 1 nitrogen and oxygen atoms in total. The Balaban J connectivity index is 3.06. The molecule has 0 saturated carbocycles. The maximum atomic E-state index is 8.56. The van der Waals surface area contributed by atoms with E-state index in [0.29, 0.717) is 5.25 Å². The second kappa shape index (κ2) is 6.46. The molecular weight excluding hydrogens is 156 g/mol. The zero-order valence-corrected chi connectivity index (χ0v) is 6.95. The summed E-state index contributed by atoms with van der Waals surface area (Å²) >= 11 is 6.95. The summed E-state index contributed by atoms with van der Waals surface area (Å²) in [6.07, 6.45) is 1.86. The van der Waals surface area contributed by atoms with E-state index >= 15 is 0 Å². The fraction of sp³-hybridized carbons (Fsp3) is 0.667. The van der Waals surface area contributed by atoms with Crippen LogP contribution in [0, 0.1) is 0 Å². The lowest BCUT2D eigenvalue weighted by molar-refractivity contribution is 0.300. The van der Waals surface area contributed by atoms with Crippen molar-refractivity contribution < 1.29 is 5.11 Å². The third-order valence-electron chi connectivity index (χ3n) is 0.823. The molecule has 0 rings (SSSR count). The average Bonchev–Trinajstić information content (AvgIpc) is 1.89. The normalized spacial score (nSPS) is 14.6. The number of aliphatic hydroxyl groups is 1. The Morgan fingerprint density at radius 3 is 2.89 bits per heavy atom. The number of thioether (sulfide) groups is 1. The highest BCUT2D eigenvalue weighted by atomic mass is 35.5.